The molecule has 1 heterocycles. The maximum Gasteiger partial charge on any atom is 0.338 e. The topological polar surface area (TPSA) is 97.4 Å². The molecule has 9 nitrogen and oxygen atoms in total. The second kappa shape index (κ2) is 13.8. The highest BCUT2D eigenvalue weighted by Gasteiger charge is 2.43. The molecule has 1 aliphatic rings. The molecule has 1 unspecified atom stereocenters. The number of rotatable bonds is 12. The standard InChI is InChI=1S/C31H33N3O6S/c1-4-40-30(37)23-11-13-24(14-12-23)32-28(35)19-25-29(36)34(20-22-8-6-5-7-9-22)31(41)33(25)17-16-21-10-15-26(38-2)27(18-21)39-3/h5-15,18,25H,4,16-17,19-20H2,1-3H3,(H,32,35). The van der Waals surface area contributed by atoms with Gasteiger partial charge in [0.2, 0.25) is 5.91 Å². The van der Waals surface area contributed by atoms with Gasteiger partial charge >= 0.3 is 5.97 Å². The van der Waals surface area contributed by atoms with Crippen LogP contribution in [0.25, 0.3) is 0 Å². The molecule has 0 radical (unpaired) electrons. The summed E-state index contributed by atoms with van der Waals surface area (Å²) in [6.07, 6.45) is 0.482. The molecule has 0 aliphatic carbocycles. The number of carbonyl (C=O) groups excluding carboxylic acids is 3. The van der Waals surface area contributed by atoms with Gasteiger partial charge < -0.3 is 24.4 Å². The number of carbonyl (C=O) groups is 3. The smallest absolute Gasteiger partial charge is 0.338 e. The van der Waals surface area contributed by atoms with Crippen LogP contribution in [0.4, 0.5) is 5.69 Å². The molecule has 2 amide bonds. The third-order valence-electron chi connectivity index (χ3n) is 6.74. The zero-order chi connectivity index (χ0) is 29.4. The van der Waals surface area contributed by atoms with Gasteiger partial charge in [-0.3, -0.25) is 14.5 Å². The van der Waals surface area contributed by atoms with Gasteiger partial charge in [0.1, 0.15) is 6.04 Å². The summed E-state index contributed by atoms with van der Waals surface area (Å²) in [7, 11) is 3.16. The van der Waals surface area contributed by atoms with Crippen LogP contribution in [0.15, 0.2) is 72.8 Å². The van der Waals surface area contributed by atoms with Crippen molar-refractivity contribution in [2.24, 2.45) is 0 Å². The average molecular weight is 576 g/mol. The van der Waals surface area contributed by atoms with E-state index in [1.807, 2.05) is 53.4 Å². The first kappa shape index (κ1) is 29.5. The van der Waals surface area contributed by atoms with Gasteiger partial charge in [0.05, 0.1) is 39.4 Å². The number of thiocarbonyl (C=S) groups is 1. The van der Waals surface area contributed by atoms with Crippen molar-refractivity contribution in [1.29, 1.82) is 0 Å². The number of nitrogens with zero attached hydrogens (tertiary/aromatic N) is 2. The summed E-state index contributed by atoms with van der Waals surface area (Å²) in [5.74, 6) is 0.244. The predicted molar refractivity (Wildman–Crippen MR) is 159 cm³/mol. The van der Waals surface area contributed by atoms with Gasteiger partial charge in [0, 0.05) is 12.2 Å². The Morgan fingerprint density at radius 2 is 1.63 bits per heavy atom. The van der Waals surface area contributed by atoms with Crippen molar-refractivity contribution in [1.82, 2.24) is 9.80 Å². The van der Waals surface area contributed by atoms with Gasteiger partial charge in [0.15, 0.2) is 16.6 Å². The molecule has 214 valence electrons. The van der Waals surface area contributed by atoms with E-state index in [-0.39, 0.29) is 24.8 Å². The molecule has 3 aromatic carbocycles. The van der Waals surface area contributed by atoms with E-state index < -0.39 is 12.0 Å². The number of ether oxygens (including phenoxy) is 3. The minimum Gasteiger partial charge on any atom is -0.493 e. The lowest BCUT2D eigenvalue weighted by molar-refractivity contribution is -0.131. The summed E-state index contributed by atoms with van der Waals surface area (Å²) in [5, 5.41) is 3.21. The molecular formula is C31H33N3O6S. The van der Waals surface area contributed by atoms with Crippen molar-refractivity contribution in [3.8, 4) is 11.5 Å². The summed E-state index contributed by atoms with van der Waals surface area (Å²) < 4.78 is 15.8. The Hall–Kier alpha value is -4.44. The average Bonchev–Trinajstić information content (AvgIpc) is 3.20. The molecule has 0 bridgehead atoms. The molecule has 10 heteroatoms. The van der Waals surface area contributed by atoms with E-state index in [2.05, 4.69) is 5.32 Å². The maximum atomic E-state index is 13.6. The Morgan fingerprint density at radius 1 is 0.927 bits per heavy atom. The fourth-order valence-corrected chi connectivity index (χ4v) is 5.01. The quantitative estimate of drug-likeness (QED) is 0.250. The Labute approximate surface area is 245 Å². The SMILES string of the molecule is CCOC(=O)c1ccc(NC(=O)CC2C(=O)N(Cc3ccccc3)C(=S)N2CCc2ccc(OC)c(OC)c2)cc1. The first-order valence-corrected chi connectivity index (χ1v) is 13.7. The van der Waals surface area contributed by atoms with Crippen molar-refractivity contribution in [3.63, 3.8) is 0 Å². The second-order valence-corrected chi connectivity index (χ2v) is 9.76. The van der Waals surface area contributed by atoms with Gasteiger partial charge in [0.25, 0.3) is 5.91 Å². The number of methoxy groups -OCH3 is 2. The first-order chi connectivity index (χ1) is 19.8. The van der Waals surface area contributed by atoms with E-state index >= 15 is 0 Å². The van der Waals surface area contributed by atoms with E-state index in [1.165, 1.54) is 0 Å². The minimum absolute atomic E-state index is 0.0875. The third-order valence-corrected chi connectivity index (χ3v) is 7.19. The Balaban J connectivity index is 1.50. The van der Waals surface area contributed by atoms with Crippen LogP contribution in [-0.2, 0) is 27.3 Å². The number of hydrogen-bond donors (Lipinski definition) is 1. The molecule has 1 N–H and O–H groups in total. The third kappa shape index (κ3) is 7.20. The highest BCUT2D eigenvalue weighted by Crippen LogP contribution is 2.29. The zero-order valence-electron chi connectivity index (χ0n) is 23.3. The number of hydrogen-bond acceptors (Lipinski definition) is 7. The first-order valence-electron chi connectivity index (χ1n) is 13.3. The summed E-state index contributed by atoms with van der Waals surface area (Å²) >= 11 is 5.77. The Morgan fingerprint density at radius 3 is 2.29 bits per heavy atom. The molecule has 0 aromatic heterocycles. The number of anilines is 1. The highest BCUT2D eigenvalue weighted by molar-refractivity contribution is 7.80. The monoisotopic (exact) mass is 575 g/mol. The van der Waals surface area contributed by atoms with E-state index in [4.69, 9.17) is 26.4 Å². The fourth-order valence-electron chi connectivity index (χ4n) is 4.63. The van der Waals surface area contributed by atoms with Crippen molar-refractivity contribution >= 4 is 40.8 Å². The van der Waals surface area contributed by atoms with Gasteiger partial charge in [-0.25, -0.2) is 4.79 Å². The predicted octanol–water partition coefficient (Wildman–Crippen LogP) is 4.45. The number of nitrogens with one attached hydrogen (secondary N) is 1. The number of esters is 1. The normalized spacial score (nSPS) is 14.7. The summed E-state index contributed by atoms with van der Waals surface area (Å²) in [5.41, 5.74) is 2.81. The molecule has 1 atom stereocenters. The van der Waals surface area contributed by atoms with Crippen molar-refractivity contribution in [2.75, 3.05) is 32.7 Å². The van der Waals surface area contributed by atoms with Crippen LogP contribution < -0.4 is 14.8 Å². The maximum absolute atomic E-state index is 13.6. The van der Waals surface area contributed by atoms with Crippen LogP contribution in [0.5, 0.6) is 11.5 Å². The summed E-state index contributed by atoms with van der Waals surface area (Å²) in [6, 6.07) is 20.9. The van der Waals surface area contributed by atoms with E-state index in [9.17, 15) is 14.4 Å². The van der Waals surface area contributed by atoms with E-state index in [0.717, 1.165) is 11.1 Å². The summed E-state index contributed by atoms with van der Waals surface area (Å²) in [4.78, 5) is 42.0. The van der Waals surface area contributed by atoms with E-state index in [1.54, 1.807) is 50.3 Å². The van der Waals surface area contributed by atoms with Crippen LogP contribution in [0.1, 0.15) is 34.8 Å². The molecule has 0 spiro atoms. The molecule has 3 aromatic rings. The van der Waals surface area contributed by atoms with Gasteiger partial charge in [-0.2, -0.15) is 0 Å². The molecule has 0 saturated carbocycles. The molecule has 41 heavy (non-hydrogen) atoms. The Bertz CT molecular complexity index is 1400. The van der Waals surface area contributed by atoms with Crippen LogP contribution in [0.3, 0.4) is 0 Å². The van der Waals surface area contributed by atoms with Crippen LogP contribution in [-0.4, -0.2) is 66.1 Å². The second-order valence-electron chi connectivity index (χ2n) is 9.39. The van der Waals surface area contributed by atoms with Crippen LogP contribution >= 0.6 is 12.2 Å². The van der Waals surface area contributed by atoms with Gasteiger partial charge in [-0.05, 0) is 73.1 Å². The van der Waals surface area contributed by atoms with E-state index in [0.29, 0.717) is 47.4 Å². The van der Waals surface area contributed by atoms with Crippen LogP contribution in [0, 0.1) is 0 Å². The van der Waals surface area contributed by atoms with Crippen LogP contribution in [0.2, 0.25) is 0 Å². The minimum atomic E-state index is -0.759. The van der Waals surface area contributed by atoms with Gasteiger partial charge in [-0.1, -0.05) is 36.4 Å². The lowest BCUT2D eigenvalue weighted by Gasteiger charge is -2.24. The van der Waals surface area contributed by atoms with Gasteiger partial charge in [-0.15, -0.1) is 0 Å². The fraction of sp³-hybridized carbons (Fsp3) is 0.290. The molecule has 4 rings (SSSR count). The van der Waals surface area contributed by atoms with Crippen molar-refractivity contribution in [2.45, 2.75) is 32.4 Å². The molecule has 1 aliphatic heterocycles. The van der Waals surface area contributed by atoms with Crippen molar-refractivity contribution in [3.05, 3.63) is 89.5 Å². The molecule has 1 fully saturated rings. The lowest BCUT2D eigenvalue weighted by Crippen LogP contribution is -2.39. The highest BCUT2D eigenvalue weighted by atomic mass is 32.1. The molecule has 1 saturated heterocycles. The molecular weight excluding hydrogens is 542 g/mol. The number of amides is 2. The summed E-state index contributed by atoms with van der Waals surface area (Å²) in [6.45, 7) is 2.76. The number of benzene rings is 3. The largest absolute Gasteiger partial charge is 0.493 e. The Kier molecular flexibility index (Phi) is 9.91. The zero-order valence-corrected chi connectivity index (χ0v) is 24.1. The lowest BCUT2D eigenvalue weighted by atomic mass is 10.1. The van der Waals surface area contributed by atoms with Crippen molar-refractivity contribution < 1.29 is 28.6 Å².